The minimum absolute atomic E-state index is 0.142. The highest BCUT2D eigenvalue weighted by atomic mass is 19.1. The largest absolute Gasteiger partial charge is 0.322 e. The molecule has 32 heavy (non-hydrogen) atoms. The van der Waals surface area contributed by atoms with Crippen LogP contribution in [0.4, 0.5) is 14.5 Å². The molecule has 0 saturated heterocycles. The molecule has 0 fully saturated rings. The third kappa shape index (κ3) is 3.39. The van der Waals surface area contributed by atoms with E-state index < -0.39 is 17.5 Å². The highest BCUT2D eigenvalue weighted by Gasteiger charge is 2.18. The van der Waals surface area contributed by atoms with Gasteiger partial charge in [-0.15, -0.1) is 0 Å². The molecule has 0 bridgehead atoms. The number of aromatic nitrogens is 4. The molecule has 9 heteroatoms. The van der Waals surface area contributed by atoms with Crippen molar-refractivity contribution in [3.05, 3.63) is 94.9 Å². The van der Waals surface area contributed by atoms with Crippen LogP contribution in [-0.2, 0) is 11.3 Å². The van der Waals surface area contributed by atoms with Gasteiger partial charge in [0, 0.05) is 18.3 Å². The number of imidazole rings is 1. The third-order valence-corrected chi connectivity index (χ3v) is 4.99. The molecule has 0 aliphatic rings. The first-order valence-corrected chi connectivity index (χ1v) is 9.68. The Bertz CT molecular complexity index is 1540. The molecular weight excluding hydrogens is 416 g/mol. The van der Waals surface area contributed by atoms with Gasteiger partial charge in [0.2, 0.25) is 11.7 Å². The maximum absolute atomic E-state index is 14.0. The number of benzene rings is 2. The van der Waals surface area contributed by atoms with E-state index in [1.807, 2.05) is 0 Å². The number of amides is 1. The van der Waals surface area contributed by atoms with E-state index in [2.05, 4.69) is 15.3 Å². The quantitative estimate of drug-likeness (QED) is 0.471. The SMILES string of the molecule is O=C(Cn1c2ccccc2n2c(=O)cc(-c3ccccn3)nc12)Nc1ccc(F)cc1F. The number of hydrogen-bond donors (Lipinski definition) is 1. The van der Waals surface area contributed by atoms with Crippen LogP contribution in [-0.4, -0.2) is 24.8 Å². The summed E-state index contributed by atoms with van der Waals surface area (Å²) in [7, 11) is 0. The normalized spacial score (nSPS) is 11.2. The van der Waals surface area contributed by atoms with E-state index >= 15 is 0 Å². The molecule has 0 aliphatic heterocycles. The lowest BCUT2D eigenvalue weighted by Crippen LogP contribution is -2.21. The van der Waals surface area contributed by atoms with E-state index in [1.54, 1.807) is 53.2 Å². The van der Waals surface area contributed by atoms with Gasteiger partial charge >= 0.3 is 0 Å². The molecule has 2 aromatic carbocycles. The number of carbonyl (C=O) groups is 1. The summed E-state index contributed by atoms with van der Waals surface area (Å²) in [5.74, 6) is -1.94. The minimum Gasteiger partial charge on any atom is -0.322 e. The Morgan fingerprint density at radius 2 is 1.72 bits per heavy atom. The maximum atomic E-state index is 14.0. The Labute approximate surface area is 179 Å². The van der Waals surface area contributed by atoms with Crippen LogP contribution < -0.4 is 10.9 Å². The molecule has 0 radical (unpaired) electrons. The van der Waals surface area contributed by atoms with Crippen LogP contribution in [0.5, 0.6) is 0 Å². The van der Waals surface area contributed by atoms with E-state index in [9.17, 15) is 18.4 Å². The van der Waals surface area contributed by atoms with Crippen molar-refractivity contribution in [1.82, 2.24) is 18.9 Å². The second-order valence-corrected chi connectivity index (χ2v) is 7.08. The van der Waals surface area contributed by atoms with Crippen molar-refractivity contribution in [2.75, 3.05) is 5.32 Å². The third-order valence-electron chi connectivity index (χ3n) is 4.99. The Morgan fingerprint density at radius 1 is 0.938 bits per heavy atom. The van der Waals surface area contributed by atoms with Crippen LogP contribution in [0.1, 0.15) is 0 Å². The van der Waals surface area contributed by atoms with Gasteiger partial charge in [0.15, 0.2) is 0 Å². The number of halogens is 2. The fourth-order valence-corrected chi connectivity index (χ4v) is 3.59. The summed E-state index contributed by atoms with van der Waals surface area (Å²) in [5, 5.41) is 2.44. The average Bonchev–Trinajstić information content (AvgIpc) is 3.10. The summed E-state index contributed by atoms with van der Waals surface area (Å²) in [6.45, 7) is -0.244. The monoisotopic (exact) mass is 431 g/mol. The Kier molecular flexibility index (Phi) is 4.70. The van der Waals surface area contributed by atoms with Gasteiger partial charge in [0.25, 0.3) is 5.56 Å². The van der Waals surface area contributed by atoms with Crippen molar-refractivity contribution in [2.24, 2.45) is 0 Å². The molecular formula is C23H15F2N5O2. The molecule has 5 rings (SSSR count). The van der Waals surface area contributed by atoms with Crippen LogP contribution in [0.25, 0.3) is 28.2 Å². The molecule has 7 nitrogen and oxygen atoms in total. The maximum Gasteiger partial charge on any atom is 0.260 e. The summed E-state index contributed by atoms with van der Waals surface area (Å²) in [5.41, 5.74) is 1.59. The smallest absolute Gasteiger partial charge is 0.260 e. The standard InChI is InChI=1S/C23H15F2N5O2/c24-14-8-9-16(15(25)11-14)27-21(31)13-29-19-6-1-2-7-20(19)30-22(32)12-18(28-23(29)30)17-5-3-4-10-26-17/h1-12H,13H2,(H,27,31). The average molecular weight is 431 g/mol. The van der Waals surface area contributed by atoms with E-state index in [-0.39, 0.29) is 23.6 Å². The molecule has 3 aromatic heterocycles. The summed E-state index contributed by atoms with van der Waals surface area (Å²) in [4.78, 5) is 34.5. The first-order chi connectivity index (χ1) is 15.5. The fourth-order valence-electron chi connectivity index (χ4n) is 3.59. The van der Waals surface area contributed by atoms with E-state index in [4.69, 9.17) is 0 Å². The van der Waals surface area contributed by atoms with Crippen molar-refractivity contribution in [3.63, 3.8) is 0 Å². The number of nitrogens with one attached hydrogen (secondary N) is 1. The Balaban J connectivity index is 1.63. The highest BCUT2D eigenvalue weighted by Crippen LogP contribution is 2.21. The van der Waals surface area contributed by atoms with Gasteiger partial charge < -0.3 is 9.88 Å². The number of carbonyl (C=O) groups excluding carboxylic acids is 1. The van der Waals surface area contributed by atoms with Gasteiger partial charge in [0.05, 0.1) is 28.1 Å². The number of nitrogens with zero attached hydrogens (tertiary/aromatic N) is 4. The van der Waals surface area contributed by atoms with E-state index in [1.165, 1.54) is 10.5 Å². The van der Waals surface area contributed by atoms with Crippen molar-refractivity contribution >= 4 is 28.4 Å². The minimum atomic E-state index is -0.882. The van der Waals surface area contributed by atoms with Crippen molar-refractivity contribution in [2.45, 2.75) is 6.54 Å². The van der Waals surface area contributed by atoms with Gasteiger partial charge in [-0.05, 0) is 36.4 Å². The lowest BCUT2D eigenvalue weighted by Gasteiger charge is -2.09. The predicted molar refractivity (Wildman–Crippen MR) is 115 cm³/mol. The van der Waals surface area contributed by atoms with Crippen molar-refractivity contribution < 1.29 is 13.6 Å². The molecule has 5 aromatic rings. The lowest BCUT2D eigenvalue weighted by atomic mass is 10.2. The van der Waals surface area contributed by atoms with Crippen LogP contribution in [0, 0.1) is 11.6 Å². The van der Waals surface area contributed by atoms with Crippen LogP contribution in [0.2, 0.25) is 0 Å². The number of rotatable bonds is 4. The molecule has 0 saturated carbocycles. The molecule has 1 N–H and O–H groups in total. The van der Waals surface area contributed by atoms with E-state index in [0.717, 1.165) is 12.1 Å². The molecule has 0 spiro atoms. The predicted octanol–water partition coefficient (Wildman–Crippen LogP) is 3.63. The van der Waals surface area contributed by atoms with Gasteiger partial charge in [0.1, 0.15) is 18.2 Å². The molecule has 158 valence electrons. The number of pyridine rings is 1. The van der Waals surface area contributed by atoms with Crippen LogP contribution in [0.15, 0.2) is 77.7 Å². The van der Waals surface area contributed by atoms with E-state index in [0.29, 0.717) is 28.5 Å². The molecule has 0 aliphatic carbocycles. The van der Waals surface area contributed by atoms with Gasteiger partial charge in [-0.25, -0.2) is 18.2 Å². The van der Waals surface area contributed by atoms with Crippen LogP contribution in [0.3, 0.4) is 0 Å². The second kappa shape index (κ2) is 7.69. The fraction of sp³-hybridized carbons (Fsp3) is 0.0435. The topological polar surface area (TPSA) is 81.3 Å². The van der Waals surface area contributed by atoms with Crippen molar-refractivity contribution in [1.29, 1.82) is 0 Å². The molecule has 0 atom stereocenters. The van der Waals surface area contributed by atoms with Gasteiger partial charge in [-0.2, -0.15) is 0 Å². The highest BCUT2D eigenvalue weighted by molar-refractivity contribution is 5.92. The first kappa shape index (κ1) is 19.6. The van der Waals surface area contributed by atoms with Gasteiger partial charge in [-0.3, -0.25) is 14.6 Å². The van der Waals surface area contributed by atoms with Gasteiger partial charge in [-0.1, -0.05) is 18.2 Å². The number of fused-ring (bicyclic) bond motifs is 3. The first-order valence-electron chi connectivity index (χ1n) is 9.68. The number of hydrogen-bond acceptors (Lipinski definition) is 4. The zero-order valence-corrected chi connectivity index (χ0v) is 16.5. The van der Waals surface area contributed by atoms with Crippen LogP contribution >= 0.6 is 0 Å². The molecule has 1 amide bonds. The summed E-state index contributed by atoms with van der Waals surface area (Å²) in [6, 6.07) is 16.6. The number of anilines is 1. The zero-order chi connectivity index (χ0) is 22.2. The lowest BCUT2D eigenvalue weighted by molar-refractivity contribution is -0.116. The Morgan fingerprint density at radius 3 is 2.47 bits per heavy atom. The summed E-state index contributed by atoms with van der Waals surface area (Å²) < 4.78 is 30.1. The number of para-hydroxylation sites is 2. The molecule has 3 heterocycles. The molecule has 0 unspecified atom stereocenters. The zero-order valence-electron chi connectivity index (χ0n) is 16.5. The van der Waals surface area contributed by atoms with Crippen molar-refractivity contribution in [3.8, 4) is 11.4 Å². The Hall–Kier alpha value is -4.40. The second-order valence-electron chi connectivity index (χ2n) is 7.08. The summed E-state index contributed by atoms with van der Waals surface area (Å²) >= 11 is 0. The summed E-state index contributed by atoms with van der Waals surface area (Å²) in [6.07, 6.45) is 1.60.